The van der Waals surface area contributed by atoms with Crippen molar-refractivity contribution in [2.45, 2.75) is 64.5 Å². The summed E-state index contributed by atoms with van der Waals surface area (Å²) in [7, 11) is 0. The Bertz CT molecular complexity index is 454. The van der Waals surface area contributed by atoms with Gasteiger partial charge < -0.3 is 9.73 Å². The van der Waals surface area contributed by atoms with Crippen molar-refractivity contribution in [1.29, 1.82) is 0 Å². The summed E-state index contributed by atoms with van der Waals surface area (Å²) in [6.45, 7) is 9.94. The number of furan rings is 1. The molecular weight excluding hydrogens is 248 g/mol. The van der Waals surface area contributed by atoms with Gasteiger partial charge in [-0.3, -0.25) is 4.90 Å². The van der Waals surface area contributed by atoms with Gasteiger partial charge in [-0.1, -0.05) is 19.3 Å². The van der Waals surface area contributed by atoms with Crippen molar-refractivity contribution in [3.8, 4) is 0 Å². The van der Waals surface area contributed by atoms with Crippen molar-refractivity contribution in [2.75, 3.05) is 19.6 Å². The van der Waals surface area contributed by atoms with Crippen LogP contribution in [0.1, 0.15) is 62.2 Å². The van der Waals surface area contributed by atoms with E-state index in [1.54, 1.807) is 0 Å². The van der Waals surface area contributed by atoms with E-state index in [4.69, 9.17) is 4.42 Å². The minimum Gasteiger partial charge on any atom is -0.466 e. The van der Waals surface area contributed by atoms with E-state index in [1.807, 2.05) is 6.92 Å². The van der Waals surface area contributed by atoms with Crippen LogP contribution >= 0.6 is 0 Å². The summed E-state index contributed by atoms with van der Waals surface area (Å²) in [4.78, 5) is 2.65. The first kappa shape index (κ1) is 14.2. The number of nitrogens with one attached hydrogen (secondary N) is 1. The maximum absolute atomic E-state index is 5.72. The van der Waals surface area contributed by atoms with E-state index < -0.39 is 0 Å². The molecule has 3 nitrogen and oxygen atoms in total. The van der Waals surface area contributed by atoms with Crippen LogP contribution in [0.15, 0.2) is 10.5 Å². The van der Waals surface area contributed by atoms with Gasteiger partial charge in [-0.15, -0.1) is 0 Å². The Morgan fingerprint density at radius 1 is 1.25 bits per heavy atom. The van der Waals surface area contributed by atoms with Crippen LogP contribution in [-0.2, 0) is 0 Å². The van der Waals surface area contributed by atoms with Crippen LogP contribution in [0.2, 0.25) is 0 Å². The zero-order valence-corrected chi connectivity index (χ0v) is 13.2. The molecule has 2 heterocycles. The van der Waals surface area contributed by atoms with Gasteiger partial charge in [0.1, 0.15) is 11.5 Å². The Hall–Kier alpha value is -0.800. The van der Waals surface area contributed by atoms with Crippen molar-refractivity contribution < 1.29 is 4.42 Å². The van der Waals surface area contributed by atoms with Crippen molar-refractivity contribution in [3.05, 3.63) is 23.2 Å². The molecule has 1 aromatic heterocycles. The van der Waals surface area contributed by atoms with Crippen molar-refractivity contribution in [1.82, 2.24) is 10.2 Å². The molecule has 1 unspecified atom stereocenters. The zero-order valence-electron chi connectivity index (χ0n) is 13.2. The standard InChI is InChI=1S/C17H28N2O/c1-13-11-16(15(3)20-13)14(2)19-10-9-18-17(12-19)7-5-4-6-8-17/h11,14,18H,4-10,12H2,1-3H3. The van der Waals surface area contributed by atoms with Crippen LogP contribution in [0.5, 0.6) is 0 Å². The molecule has 1 spiro atoms. The monoisotopic (exact) mass is 276 g/mol. The van der Waals surface area contributed by atoms with Crippen molar-refractivity contribution in [3.63, 3.8) is 0 Å². The van der Waals surface area contributed by atoms with Crippen molar-refractivity contribution >= 4 is 0 Å². The minimum atomic E-state index is 0.386. The predicted octanol–water partition coefficient (Wildman–Crippen LogP) is 3.57. The first-order valence-electron chi connectivity index (χ1n) is 8.16. The average molecular weight is 276 g/mol. The Kier molecular flexibility index (Phi) is 3.91. The van der Waals surface area contributed by atoms with Crippen LogP contribution in [-0.4, -0.2) is 30.1 Å². The van der Waals surface area contributed by atoms with Crippen LogP contribution in [0, 0.1) is 13.8 Å². The summed E-state index contributed by atoms with van der Waals surface area (Å²) < 4.78 is 5.72. The summed E-state index contributed by atoms with van der Waals surface area (Å²) >= 11 is 0. The van der Waals surface area contributed by atoms with Gasteiger partial charge in [0.2, 0.25) is 0 Å². The summed E-state index contributed by atoms with van der Waals surface area (Å²) in [5.74, 6) is 2.12. The normalized spacial score (nSPS) is 24.9. The average Bonchev–Trinajstić information content (AvgIpc) is 2.78. The van der Waals surface area contributed by atoms with E-state index in [0.29, 0.717) is 11.6 Å². The molecule has 1 aliphatic carbocycles. The number of piperazine rings is 1. The molecule has 0 amide bonds. The molecule has 1 atom stereocenters. The molecule has 1 saturated heterocycles. The van der Waals surface area contributed by atoms with Gasteiger partial charge in [0, 0.05) is 36.8 Å². The highest BCUT2D eigenvalue weighted by molar-refractivity contribution is 5.24. The second-order valence-corrected chi connectivity index (χ2v) is 6.78. The molecule has 1 aliphatic heterocycles. The van der Waals surface area contributed by atoms with E-state index >= 15 is 0 Å². The van der Waals surface area contributed by atoms with Gasteiger partial charge in [-0.25, -0.2) is 0 Å². The molecular formula is C17H28N2O. The van der Waals surface area contributed by atoms with Crippen molar-refractivity contribution in [2.24, 2.45) is 0 Å². The van der Waals surface area contributed by atoms with Crippen LogP contribution in [0.4, 0.5) is 0 Å². The fourth-order valence-electron chi connectivity index (χ4n) is 4.14. The lowest BCUT2D eigenvalue weighted by Gasteiger charge is -2.48. The van der Waals surface area contributed by atoms with Crippen LogP contribution in [0.3, 0.4) is 0 Å². The molecule has 20 heavy (non-hydrogen) atoms. The fraction of sp³-hybridized carbons (Fsp3) is 0.765. The molecule has 0 radical (unpaired) electrons. The highest BCUT2D eigenvalue weighted by Gasteiger charge is 2.37. The summed E-state index contributed by atoms with van der Waals surface area (Å²) in [5, 5.41) is 3.83. The molecule has 2 fully saturated rings. The Morgan fingerprint density at radius 2 is 2.00 bits per heavy atom. The maximum atomic E-state index is 5.72. The Morgan fingerprint density at radius 3 is 2.65 bits per heavy atom. The highest BCUT2D eigenvalue weighted by atomic mass is 16.3. The number of rotatable bonds is 2. The predicted molar refractivity (Wildman–Crippen MR) is 82.0 cm³/mol. The van der Waals surface area contributed by atoms with Crippen LogP contribution < -0.4 is 5.32 Å². The largest absolute Gasteiger partial charge is 0.466 e. The zero-order chi connectivity index (χ0) is 14.2. The van der Waals surface area contributed by atoms with E-state index in [9.17, 15) is 0 Å². The number of hydrogen-bond acceptors (Lipinski definition) is 3. The quantitative estimate of drug-likeness (QED) is 0.895. The van der Waals surface area contributed by atoms with E-state index in [2.05, 4.69) is 30.1 Å². The minimum absolute atomic E-state index is 0.386. The third-order valence-electron chi connectivity index (χ3n) is 5.29. The first-order chi connectivity index (χ1) is 9.60. The van der Waals surface area contributed by atoms with Gasteiger partial charge in [-0.2, -0.15) is 0 Å². The molecule has 1 saturated carbocycles. The van der Waals surface area contributed by atoms with Gasteiger partial charge in [0.25, 0.3) is 0 Å². The molecule has 1 N–H and O–H groups in total. The molecule has 0 bridgehead atoms. The number of hydrogen-bond donors (Lipinski definition) is 1. The van der Waals surface area contributed by atoms with Gasteiger partial charge >= 0.3 is 0 Å². The number of aryl methyl sites for hydroxylation is 2. The summed E-state index contributed by atoms with van der Waals surface area (Å²) in [6.07, 6.45) is 6.89. The molecule has 112 valence electrons. The maximum Gasteiger partial charge on any atom is 0.105 e. The first-order valence-corrected chi connectivity index (χ1v) is 8.16. The molecule has 2 aliphatic rings. The van der Waals surface area contributed by atoms with E-state index in [0.717, 1.165) is 24.6 Å². The SMILES string of the molecule is Cc1cc(C(C)N2CCNC3(CCCCC3)C2)c(C)o1. The van der Waals surface area contributed by atoms with Gasteiger partial charge in [0.15, 0.2) is 0 Å². The molecule has 3 heteroatoms. The van der Waals surface area contributed by atoms with E-state index in [1.165, 1.54) is 44.2 Å². The topological polar surface area (TPSA) is 28.4 Å². The second-order valence-electron chi connectivity index (χ2n) is 6.78. The molecule has 0 aromatic carbocycles. The highest BCUT2D eigenvalue weighted by Crippen LogP contribution is 2.34. The fourth-order valence-corrected chi connectivity index (χ4v) is 4.14. The Balaban J connectivity index is 1.74. The van der Waals surface area contributed by atoms with E-state index in [-0.39, 0.29) is 0 Å². The van der Waals surface area contributed by atoms with Gasteiger partial charge in [0.05, 0.1) is 0 Å². The smallest absolute Gasteiger partial charge is 0.105 e. The molecule has 3 rings (SSSR count). The Labute approximate surface area is 122 Å². The number of nitrogens with zero attached hydrogens (tertiary/aromatic N) is 1. The second kappa shape index (κ2) is 5.53. The van der Waals surface area contributed by atoms with Crippen LogP contribution in [0.25, 0.3) is 0 Å². The summed E-state index contributed by atoms with van der Waals surface area (Å²) in [5.41, 5.74) is 1.76. The van der Waals surface area contributed by atoms with Gasteiger partial charge in [-0.05, 0) is 39.7 Å². The third kappa shape index (κ3) is 2.66. The molecule has 1 aromatic rings. The lowest BCUT2D eigenvalue weighted by atomic mass is 9.79. The third-order valence-corrected chi connectivity index (χ3v) is 5.29. The lowest BCUT2D eigenvalue weighted by molar-refractivity contribution is 0.0725. The lowest BCUT2D eigenvalue weighted by Crippen LogP contribution is -2.61. The summed E-state index contributed by atoms with van der Waals surface area (Å²) in [6, 6.07) is 2.68.